The molecule has 38 heavy (non-hydrogen) atoms. The molecule has 0 radical (unpaired) electrons. The molecule has 5 rings (SSSR count). The second-order valence-electron chi connectivity index (χ2n) is 11.4. The third-order valence-corrected chi connectivity index (χ3v) is 10.6. The zero-order valence-electron chi connectivity index (χ0n) is 22.3. The minimum Gasteiger partial charge on any atom is -0.481 e. The summed E-state index contributed by atoms with van der Waals surface area (Å²) in [5.41, 5.74) is 4.91. The highest BCUT2D eigenvalue weighted by Crippen LogP contribution is 2.53. The standard InChI is InChI=1S/C32H37NO3S2/c1-31(2,36)25-10-4-3-8-23(25)14-15-27(37-21-32(17-18-32)20-30(34)35)24-9-5-7-22(19-24)13-16-29-33-26-11-6-12-28(26)38-29/h3-5,7-10,13,16,19,27,36H,6,11-12,14-15,17-18,20-21H2,1-2H3,(H,34,35)/b16-13+/t27-/m1/s1. The van der Waals surface area contributed by atoms with Gasteiger partial charge < -0.3 is 10.2 Å². The molecule has 0 spiro atoms. The van der Waals surface area contributed by atoms with E-state index in [2.05, 4.69) is 42.5 Å². The largest absolute Gasteiger partial charge is 0.481 e. The van der Waals surface area contributed by atoms with E-state index in [0.717, 1.165) is 60.4 Å². The molecule has 2 aromatic carbocycles. The van der Waals surface area contributed by atoms with Gasteiger partial charge in [0.05, 0.1) is 17.7 Å². The molecule has 1 aromatic heterocycles. The fraction of sp³-hybridized carbons (Fsp3) is 0.438. The lowest BCUT2D eigenvalue weighted by atomic mass is 9.90. The van der Waals surface area contributed by atoms with Crippen molar-refractivity contribution in [2.75, 3.05) is 5.75 Å². The fourth-order valence-electron chi connectivity index (χ4n) is 5.43. The summed E-state index contributed by atoms with van der Waals surface area (Å²) in [6.45, 7) is 3.68. The fourth-order valence-corrected chi connectivity index (χ4v) is 8.05. The quantitative estimate of drug-likeness (QED) is 0.243. The number of thioether (sulfide) groups is 1. The van der Waals surface area contributed by atoms with Crippen LogP contribution < -0.4 is 0 Å². The Bertz CT molecular complexity index is 1290. The maximum absolute atomic E-state index is 11.4. The number of benzene rings is 2. The Labute approximate surface area is 234 Å². The summed E-state index contributed by atoms with van der Waals surface area (Å²) >= 11 is 3.71. The van der Waals surface area contributed by atoms with Crippen molar-refractivity contribution < 1.29 is 15.0 Å². The molecular weight excluding hydrogens is 510 g/mol. The first-order chi connectivity index (χ1) is 18.2. The zero-order chi connectivity index (χ0) is 26.8. The molecule has 2 aliphatic rings. The highest BCUT2D eigenvalue weighted by Gasteiger charge is 2.44. The normalized spacial score (nSPS) is 17.0. The van der Waals surface area contributed by atoms with Gasteiger partial charge in [-0.25, -0.2) is 4.98 Å². The van der Waals surface area contributed by atoms with Gasteiger partial charge in [0, 0.05) is 15.9 Å². The first-order valence-electron chi connectivity index (χ1n) is 13.6. The second-order valence-corrected chi connectivity index (χ2v) is 13.7. The van der Waals surface area contributed by atoms with Gasteiger partial charge in [0.25, 0.3) is 0 Å². The number of rotatable bonds is 12. The highest BCUT2D eigenvalue weighted by molar-refractivity contribution is 7.99. The zero-order valence-corrected chi connectivity index (χ0v) is 23.9. The number of aryl methyl sites for hydroxylation is 3. The van der Waals surface area contributed by atoms with Crippen molar-refractivity contribution >= 4 is 41.2 Å². The molecule has 1 heterocycles. The number of hydrogen-bond acceptors (Lipinski definition) is 5. The van der Waals surface area contributed by atoms with E-state index in [-0.39, 0.29) is 17.1 Å². The van der Waals surface area contributed by atoms with Crippen LogP contribution in [-0.2, 0) is 29.7 Å². The average molecular weight is 548 g/mol. The third kappa shape index (κ3) is 6.77. The first-order valence-corrected chi connectivity index (χ1v) is 15.5. The lowest BCUT2D eigenvalue weighted by Gasteiger charge is -2.24. The number of nitrogens with zero attached hydrogens (tertiary/aromatic N) is 1. The third-order valence-electron chi connectivity index (χ3n) is 7.74. The average Bonchev–Trinajstić information content (AvgIpc) is 3.29. The van der Waals surface area contributed by atoms with E-state index >= 15 is 0 Å². The topological polar surface area (TPSA) is 70.4 Å². The van der Waals surface area contributed by atoms with Crippen LogP contribution >= 0.6 is 23.1 Å². The van der Waals surface area contributed by atoms with Crippen molar-refractivity contribution in [3.05, 3.63) is 86.4 Å². The lowest BCUT2D eigenvalue weighted by molar-refractivity contribution is -0.138. The Morgan fingerprint density at radius 1 is 1.16 bits per heavy atom. The number of fused-ring (bicyclic) bond motifs is 1. The van der Waals surface area contributed by atoms with Gasteiger partial charge in [-0.15, -0.1) is 11.3 Å². The van der Waals surface area contributed by atoms with Crippen LogP contribution in [0.1, 0.15) is 89.0 Å². The summed E-state index contributed by atoms with van der Waals surface area (Å²) in [7, 11) is 0. The molecule has 1 atom stereocenters. The molecule has 2 aliphatic carbocycles. The Balaban J connectivity index is 1.35. The number of carboxylic acids is 1. The van der Waals surface area contributed by atoms with Crippen molar-refractivity contribution in [3.8, 4) is 0 Å². The van der Waals surface area contributed by atoms with E-state index in [0.29, 0.717) is 0 Å². The van der Waals surface area contributed by atoms with Gasteiger partial charge in [0.15, 0.2) is 0 Å². The van der Waals surface area contributed by atoms with Crippen LogP contribution in [0, 0.1) is 5.41 Å². The molecule has 1 fully saturated rings. The summed E-state index contributed by atoms with van der Waals surface area (Å²) < 4.78 is 0. The molecule has 2 N–H and O–H groups in total. The summed E-state index contributed by atoms with van der Waals surface area (Å²) in [6.07, 6.45) is 11.8. The van der Waals surface area contributed by atoms with Crippen LogP contribution in [0.5, 0.6) is 0 Å². The van der Waals surface area contributed by atoms with Crippen molar-refractivity contribution in [3.63, 3.8) is 0 Å². The van der Waals surface area contributed by atoms with Gasteiger partial charge in [-0.1, -0.05) is 54.6 Å². The molecule has 6 heteroatoms. The van der Waals surface area contributed by atoms with E-state index in [4.69, 9.17) is 4.98 Å². The minimum absolute atomic E-state index is 0.0531. The van der Waals surface area contributed by atoms with Crippen molar-refractivity contribution in [1.29, 1.82) is 0 Å². The van der Waals surface area contributed by atoms with Crippen LogP contribution in [0.25, 0.3) is 12.2 Å². The van der Waals surface area contributed by atoms with E-state index in [1.807, 2.05) is 55.1 Å². The number of aliphatic hydroxyl groups is 1. The maximum Gasteiger partial charge on any atom is 0.303 e. The van der Waals surface area contributed by atoms with Crippen LogP contribution in [0.4, 0.5) is 0 Å². The molecule has 4 nitrogen and oxygen atoms in total. The predicted octanol–water partition coefficient (Wildman–Crippen LogP) is 7.69. The highest BCUT2D eigenvalue weighted by atomic mass is 32.2. The summed E-state index contributed by atoms with van der Waals surface area (Å²) in [6, 6.07) is 16.9. The van der Waals surface area contributed by atoms with Crippen LogP contribution in [-0.4, -0.2) is 26.9 Å². The van der Waals surface area contributed by atoms with Gasteiger partial charge >= 0.3 is 5.97 Å². The van der Waals surface area contributed by atoms with Crippen molar-refractivity contribution in [1.82, 2.24) is 4.98 Å². The summed E-state index contributed by atoms with van der Waals surface area (Å²) in [5, 5.41) is 21.4. The number of carboxylic acid groups (broad SMARTS) is 1. The van der Waals surface area contributed by atoms with Crippen LogP contribution in [0.3, 0.4) is 0 Å². The molecule has 1 saturated carbocycles. The van der Waals surface area contributed by atoms with E-state index < -0.39 is 11.6 Å². The van der Waals surface area contributed by atoms with Gasteiger partial charge in [0.1, 0.15) is 5.01 Å². The van der Waals surface area contributed by atoms with E-state index in [9.17, 15) is 15.0 Å². The molecule has 3 aromatic rings. The Hall–Kier alpha value is -2.41. The van der Waals surface area contributed by atoms with E-state index in [1.54, 1.807) is 0 Å². The first kappa shape index (κ1) is 27.2. The lowest BCUT2D eigenvalue weighted by Crippen LogP contribution is -2.18. The monoisotopic (exact) mass is 547 g/mol. The van der Waals surface area contributed by atoms with Gasteiger partial charge in [-0.3, -0.25) is 4.79 Å². The molecular formula is C32H37NO3S2. The Kier molecular flexibility index (Phi) is 8.13. The predicted molar refractivity (Wildman–Crippen MR) is 159 cm³/mol. The van der Waals surface area contributed by atoms with Gasteiger partial charge in [-0.05, 0) is 92.5 Å². The SMILES string of the molecule is CC(C)(O)c1ccccc1CC[C@@H](SCC1(CC(=O)O)CC1)c1cccc(/C=C/c2nc3c(s2)CCC3)c1. The molecule has 0 unspecified atom stereocenters. The minimum atomic E-state index is -0.889. The molecule has 0 amide bonds. The van der Waals surface area contributed by atoms with Crippen LogP contribution in [0.15, 0.2) is 48.5 Å². The maximum atomic E-state index is 11.4. The number of carbonyl (C=O) groups is 1. The van der Waals surface area contributed by atoms with Crippen molar-refractivity contribution in [2.45, 2.75) is 76.1 Å². The summed E-state index contributed by atoms with van der Waals surface area (Å²) in [5.74, 6) is 0.168. The molecule has 0 bridgehead atoms. The number of thiazole rings is 1. The molecule has 0 saturated heterocycles. The number of aliphatic carboxylic acids is 1. The Morgan fingerprint density at radius 3 is 2.71 bits per heavy atom. The number of aromatic nitrogens is 1. The number of hydrogen-bond donors (Lipinski definition) is 2. The van der Waals surface area contributed by atoms with E-state index in [1.165, 1.54) is 28.1 Å². The van der Waals surface area contributed by atoms with Crippen LogP contribution in [0.2, 0.25) is 0 Å². The van der Waals surface area contributed by atoms with Gasteiger partial charge in [0.2, 0.25) is 0 Å². The van der Waals surface area contributed by atoms with Crippen molar-refractivity contribution in [2.24, 2.45) is 5.41 Å². The summed E-state index contributed by atoms with van der Waals surface area (Å²) in [4.78, 5) is 17.7. The smallest absolute Gasteiger partial charge is 0.303 e. The second kappa shape index (κ2) is 11.4. The van der Waals surface area contributed by atoms with Gasteiger partial charge in [-0.2, -0.15) is 11.8 Å². The molecule has 0 aliphatic heterocycles. The Morgan fingerprint density at radius 2 is 1.97 bits per heavy atom. The molecule has 200 valence electrons.